The summed E-state index contributed by atoms with van der Waals surface area (Å²) in [7, 11) is 4.99. The summed E-state index contributed by atoms with van der Waals surface area (Å²) in [5.41, 5.74) is -3.37. The molecule has 4 aromatic carbocycles. The smallest absolute Gasteiger partial charge is 0.411 e. The van der Waals surface area contributed by atoms with Crippen molar-refractivity contribution < 1.29 is 71.4 Å². The number of amides is 2. The normalized spacial score (nSPS) is 40.6. The van der Waals surface area contributed by atoms with Crippen molar-refractivity contribution in [1.82, 2.24) is 9.80 Å². The highest BCUT2D eigenvalue weighted by atomic mass is 16.7. The van der Waals surface area contributed by atoms with E-state index in [1.165, 1.54) is 28.4 Å². The first-order valence-electron chi connectivity index (χ1n) is 24.1. The molecule has 364 valence electrons. The van der Waals surface area contributed by atoms with E-state index >= 15 is 19.2 Å². The Bertz CT molecular complexity index is 2670. The summed E-state index contributed by atoms with van der Waals surface area (Å²) in [6.07, 6.45) is -3.53. The summed E-state index contributed by atoms with van der Waals surface area (Å²) in [4.78, 5) is 93.9. The second-order valence-corrected chi connectivity index (χ2v) is 20.5. The second-order valence-electron chi connectivity index (χ2n) is 20.5. The summed E-state index contributed by atoms with van der Waals surface area (Å²) in [6, 6.07) is 30.2. The molecular formula is C54H48N2O15. The van der Waals surface area contributed by atoms with Crippen LogP contribution in [0.1, 0.15) is 57.5 Å². The highest BCUT2D eigenvalue weighted by Crippen LogP contribution is 2.86. The van der Waals surface area contributed by atoms with Crippen molar-refractivity contribution in [3.05, 3.63) is 143 Å². The second kappa shape index (κ2) is 14.4. The Morgan fingerprint density at radius 1 is 0.408 bits per heavy atom. The zero-order chi connectivity index (χ0) is 48.7. The molecule has 0 aliphatic carbocycles. The molecule has 8 fully saturated rings. The van der Waals surface area contributed by atoms with E-state index in [1.54, 1.807) is 9.80 Å². The van der Waals surface area contributed by atoms with E-state index in [-0.39, 0.29) is 13.2 Å². The van der Waals surface area contributed by atoms with Gasteiger partial charge in [-0.25, -0.2) is 28.8 Å². The zero-order valence-corrected chi connectivity index (χ0v) is 38.9. The molecule has 18 atom stereocenters. The van der Waals surface area contributed by atoms with E-state index in [2.05, 4.69) is 0 Å². The van der Waals surface area contributed by atoms with E-state index in [0.29, 0.717) is 0 Å². The lowest BCUT2D eigenvalue weighted by molar-refractivity contribution is -0.203. The van der Waals surface area contributed by atoms with E-state index in [0.717, 1.165) is 33.4 Å². The van der Waals surface area contributed by atoms with Crippen LogP contribution >= 0.6 is 0 Å². The van der Waals surface area contributed by atoms with Crippen LogP contribution in [-0.2, 0) is 75.0 Å². The Morgan fingerprint density at radius 3 is 0.944 bits per heavy atom. The van der Waals surface area contributed by atoms with Gasteiger partial charge < -0.3 is 42.6 Å². The molecule has 71 heavy (non-hydrogen) atoms. The fourth-order valence-electron chi connectivity index (χ4n) is 17.1. The third kappa shape index (κ3) is 4.66. The molecule has 0 aromatic heterocycles. The monoisotopic (exact) mass is 964 g/mol. The molecule has 10 aliphatic heterocycles. The summed E-state index contributed by atoms with van der Waals surface area (Å²) in [6.45, 7) is -0.0630. The van der Waals surface area contributed by atoms with E-state index in [9.17, 15) is 9.59 Å². The summed E-state index contributed by atoms with van der Waals surface area (Å²) in [5.74, 6) is -10.9. The van der Waals surface area contributed by atoms with Crippen LogP contribution < -0.4 is 0 Å². The standard InChI is InChI=1S/C54H48N2O15/c1-63-45(57)51-31-32(40-28-20-12-11-19-27(28)39(31)55(40)49(61)67-23-25-15-7-5-8-16-25)52(70-51,46(58)64-2)36-35(51)43-37-38(44(36)69-43)54(48(60)66-4)34-33(53(37,71-54)47(59)65-3)41-29-21-13-14-22-30(29)42(34)56(41)50(62)68-24-26-17-9-6-10-18-26/h5-22,31-44H,23-24H2,1-4H3/t31-,32+,33+,34-,35+,36-,37-,38+,39+,40-,41-,42+,43?,44?,51+,52-,53-,54+. The SMILES string of the molecule is COC(=O)[C@@]12O[C@@](C(=O)OC)([C@@H]3[C@H]1[C@H]1c4ccccc4[C@@H]3N1C(=O)OCc1ccccc1)[C@@H]1C3OC([C@@H]4[C@H]3[C@]3(C(=O)OC)O[C@@]4(C(=O)OC)[C@@H]4[C@H]3[C@H]3c5ccccc5[C@@H]4N3C(=O)OCc3ccccc3)[C@@H]12. The van der Waals surface area contributed by atoms with Crippen molar-refractivity contribution in [3.63, 3.8) is 0 Å². The maximum absolute atomic E-state index is 15.3. The maximum atomic E-state index is 15.3. The highest BCUT2D eigenvalue weighted by Gasteiger charge is 2.99. The number of esters is 4. The van der Waals surface area contributed by atoms with E-state index in [4.69, 9.17) is 42.6 Å². The number of benzene rings is 4. The van der Waals surface area contributed by atoms with Gasteiger partial charge in [-0.3, -0.25) is 9.80 Å². The van der Waals surface area contributed by atoms with Gasteiger partial charge in [-0.2, -0.15) is 0 Å². The number of hydrogen-bond acceptors (Lipinski definition) is 15. The van der Waals surface area contributed by atoms with Gasteiger partial charge in [0.1, 0.15) is 13.2 Å². The summed E-state index contributed by atoms with van der Waals surface area (Å²) >= 11 is 0. The Hall–Kier alpha value is -6.82. The molecule has 2 amide bonds. The molecule has 4 aromatic rings. The number of rotatable bonds is 8. The number of fused-ring (bicyclic) bond motifs is 36. The van der Waals surface area contributed by atoms with Crippen molar-refractivity contribution in [2.45, 2.75) is 72.0 Å². The minimum atomic E-state index is -1.99. The van der Waals surface area contributed by atoms with Gasteiger partial charge in [0.05, 0.1) is 64.8 Å². The lowest BCUT2D eigenvalue weighted by Gasteiger charge is -2.53. The van der Waals surface area contributed by atoms with Crippen molar-refractivity contribution in [2.24, 2.45) is 47.3 Å². The first-order valence-corrected chi connectivity index (χ1v) is 24.1. The van der Waals surface area contributed by atoms with Gasteiger partial charge in [-0.05, 0) is 33.4 Å². The molecule has 0 spiro atoms. The predicted molar refractivity (Wildman–Crippen MR) is 239 cm³/mol. The fraction of sp³-hybridized carbons (Fsp3) is 0.444. The predicted octanol–water partition coefficient (Wildman–Crippen LogP) is 5.33. The van der Waals surface area contributed by atoms with Gasteiger partial charge in [0.2, 0.25) is 0 Å². The van der Waals surface area contributed by atoms with Gasteiger partial charge in [0.15, 0.2) is 22.4 Å². The number of carbonyl (C=O) groups excluding carboxylic acids is 6. The molecule has 0 saturated carbocycles. The minimum absolute atomic E-state index is 0.0315. The third-order valence-electron chi connectivity index (χ3n) is 18.6. The van der Waals surface area contributed by atoms with E-state index < -0.39 is 142 Å². The van der Waals surface area contributed by atoms with Crippen LogP contribution in [0.4, 0.5) is 9.59 Å². The Balaban J connectivity index is 0.943. The van der Waals surface area contributed by atoms with Crippen LogP contribution in [0.5, 0.6) is 0 Å². The molecule has 17 heteroatoms. The molecule has 10 heterocycles. The molecule has 17 nitrogen and oxygen atoms in total. The fourth-order valence-corrected chi connectivity index (χ4v) is 17.1. The van der Waals surface area contributed by atoms with Gasteiger partial charge >= 0.3 is 36.1 Å². The number of methoxy groups -OCH3 is 4. The largest absolute Gasteiger partial charge is 0.467 e. The quantitative estimate of drug-likeness (QED) is 0.163. The molecule has 8 saturated heterocycles. The topological polar surface area (TPSA) is 192 Å². The van der Waals surface area contributed by atoms with Crippen LogP contribution in [0.2, 0.25) is 0 Å². The van der Waals surface area contributed by atoms with E-state index in [1.807, 2.05) is 109 Å². The molecule has 2 unspecified atom stereocenters. The Morgan fingerprint density at radius 2 is 0.676 bits per heavy atom. The van der Waals surface area contributed by atoms with Crippen LogP contribution in [0.3, 0.4) is 0 Å². The van der Waals surface area contributed by atoms with Crippen molar-refractivity contribution >= 4 is 36.1 Å². The Labute approximate surface area is 406 Å². The van der Waals surface area contributed by atoms with Gasteiger partial charge in [0.25, 0.3) is 0 Å². The number of ether oxygens (including phenoxy) is 9. The van der Waals surface area contributed by atoms with Crippen molar-refractivity contribution in [3.8, 4) is 0 Å². The van der Waals surface area contributed by atoms with Crippen molar-refractivity contribution in [1.29, 1.82) is 0 Å². The average Bonchev–Trinajstić information content (AvgIpc) is 4.31. The minimum Gasteiger partial charge on any atom is -0.467 e. The molecule has 14 rings (SSSR count). The van der Waals surface area contributed by atoms with Crippen LogP contribution in [-0.4, -0.2) is 109 Å². The number of nitrogens with zero attached hydrogens (tertiary/aromatic N) is 2. The van der Waals surface area contributed by atoms with Crippen molar-refractivity contribution in [2.75, 3.05) is 28.4 Å². The van der Waals surface area contributed by atoms with Gasteiger partial charge in [-0.1, -0.05) is 109 Å². The first kappa shape index (κ1) is 43.0. The molecule has 10 bridgehead atoms. The van der Waals surface area contributed by atoms with Gasteiger partial charge in [-0.15, -0.1) is 0 Å². The highest BCUT2D eigenvalue weighted by molar-refractivity contribution is 5.94. The maximum Gasteiger partial charge on any atom is 0.411 e. The lowest BCUT2D eigenvalue weighted by atomic mass is 9.42. The molecule has 0 radical (unpaired) electrons. The third-order valence-corrected chi connectivity index (χ3v) is 18.6. The van der Waals surface area contributed by atoms with Crippen LogP contribution in [0.15, 0.2) is 109 Å². The number of hydrogen-bond donors (Lipinski definition) is 0. The Kier molecular flexibility index (Phi) is 8.73. The average molecular weight is 965 g/mol. The van der Waals surface area contributed by atoms with Crippen LogP contribution in [0.25, 0.3) is 0 Å². The molecular weight excluding hydrogens is 917 g/mol. The zero-order valence-electron chi connectivity index (χ0n) is 38.9. The van der Waals surface area contributed by atoms with Crippen LogP contribution in [0, 0.1) is 47.3 Å². The molecule has 0 N–H and O–H groups in total. The van der Waals surface area contributed by atoms with Gasteiger partial charge in [0, 0.05) is 47.3 Å². The molecule has 10 aliphatic rings. The lowest BCUT2D eigenvalue weighted by Crippen LogP contribution is -2.69. The number of carbonyl (C=O) groups is 6. The first-order chi connectivity index (χ1) is 34.5. The summed E-state index contributed by atoms with van der Waals surface area (Å²) < 4.78 is 57.0. The summed E-state index contributed by atoms with van der Waals surface area (Å²) in [5, 5.41) is 0.